The number of thioether (sulfide) groups is 1. The van der Waals surface area contributed by atoms with Crippen molar-refractivity contribution in [2.24, 2.45) is 0 Å². The SMILES string of the molecule is C=C(CSc1n[nH]c(C)n1)C(=O)O. The highest BCUT2D eigenvalue weighted by molar-refractivity contribution is 7.99. The van der Waals surface area contributed by atoms with E-state index in [1.165, 1.54) is 11.8 Å². The van der Waals surface area contributed by atoms with Crippen LogP contribution in [0.25, 0.3) is 0 Å². The van der Waals surface area contributed by atoms with Crippen molar-refractivity contribution in [1.29, 1.82) is 0 Å². The summed E-state index contributed by atoms with van der Waals surface area (Å²) in [5.41, 5.74) is 0.146. The summed E-state index contributed by atoms with van der Waals surface area (Å²) in [4.78, 5) is 14.4. The van der Waals surface area contributed by atoms with Crippen LogP contribution < -0.4 is 0 Å². The van der Waals surface area contributed by atoms with Crippen LogP contribution in [0.15, 0.2) is 17.3 Å². The molecule has 0 spiro atoms. The van der Waals surface area contributed by atoms with Crippen LogP contribution in [0, 0.1) is 6.92 Å². The van der Waals surface area contributed by atoms with Crippen molar-refractivity contribution in [3.63, 3.8) is 0 Å². The van der Waals surface area contributed by atoms with Gasteiger partial charge in [-0.2, -0.15) is 0 Å². The highest BCUT2D eigenvalue weighted by Gasteiger charge is 2.06. The van der Waals surface area contributed by atoms with Crippen molar-refractivity contribution in [1.82, 2.24) is 15.2 Å². The topological polar surface area (TPSA) is 78.9 Å². The van der Waals surface area contributed by atoms with Gasteiger partial charge in [0.05, 0.1) is 0 Å². The summed E-state index contributed by atoms with van der Waals surface area (Å²) in [5, 5.41) is 15.5. The number of aromatic nitrogens is 3. The number of rotatable bonds is 4. The van der Waals surface area contributed by atoms with E-state index < -0.39 is 5.97 Å². The molecule has 0 aromatic carbocycles. The molecule has 0 aliphatic rings. The van der Waals surface area contributed by atoms with Crippen molar-refractivity contribution in [2.45, 2.75) is 12.1 Å². The molecule has 6 heteroatoms. The van der Waals surface area contributed by atoms with Crippen molar-refractivity contribution in [3.05, 3.63) is 18.0 Å². The van der Waals surface area contributed by atoms with Gasteiger partial charge in [0.1, 0.15) is 5.82 Å². The molecule has 0 aliphatic carbocycles. The first kappa shape index (κ1) is 9.79. The van der Waals surface area contributed by atoms with Crippen molar-refractivity contribution in [3.8, 4) is 0 Å². The Hall–Kier alpha value is -1.30. The molecule has 0 fully saturated rings. The number of hydrogen-bond acceptors (Lipinski definition) is 4. The lowest BCUT2D eigenvalue weighted by Crippen LogP contribution is -2.01. The highest BCUT2D eigenvalue weighted by Crippen LogP contribution is 2.14. The largest absolute Gasteiger partial charge is 0.478 e. The summed E-state index contributed by atoms with van der Waals surface area (Å²) in [6.45, 7) is 5.17. The summed E-state index contributed by atoms with van der Waals surface area (Å²) in [6, 6.07) is 0. The summed E-state index contributed by atoms with van der Waals surface area (Å²) >= 11 is 1.24. The van der Waals surface area contributed by atoms with Crippen LogP contribution in [0.3, 0.4) is 0 Å². The minimum atomic E-state index is -0.986. The summed E-state index contributed by atoms with van der Waals surface area (Å²) in [6.07, 6.45) is 0. The predicted molar refractivity (Wildman–Crippen MR) is 48.6 cm³/mol. The van der Waals surface area contributed by atoms with Crippen LogP contribution in [0.5, 0.6) is 0 Å². The van der Waals surface area contributed by atoms with E-state index in [1.807, 2.05) is 0 Å². The van der Waals surface area contributed by atoms with Gasteiger partial charge in [-0.25, -0.2) is 9.78 Å². The van der Waals surface area contributed by atoms with E-state index in [0.29, 0.717) is 16.7 Å². The molecule has 0 saturated carbocycles. The van der Waals surface area contributed by atoms with E-state index in [9.17, 15) is 4.79 Å². The average molecular weight is 199 g/mol. The van der Waals surface area contributed by atoms with Crippen molar-refractivity contribution in [2.75, 3.05) is 5.75 Å². The highest BCUT2D eigenvalue weighted by atomic mass is 32.2. The van der Waals surface area contributed by atoms with Crippen LogP contribution >= 0.6 is 11.8 Å². The minimum Gasteiger partial charge on any atom is -0.478 e. The number of nitrogens with one attached hydrogen (secondary N) is 1. The molecule has 0 radical (unpaired) electrons. The molecule has 1 heterocycles. The fourth-order valence-corrected chi connectivity index (χ4v) is 1.34. The number of H-pyrrole nitrogens is 1. The maximum Gasteiger partial charge on any atom is 0.331 e. The molecule has 70 valence electrons. The molecule has 0 amide bonds. The van der Waals surface area contributed by atoms with E-state index in [-0.39, 0.29) is 5.57 Å². The van der Waals surface area contributed by atoms with Crippen LogP contribution in [0.1, 0.15) is 5.82 Å². The van der Waals surface area contributed by atoms with E-state index in [2.05, 4.69) is 21.8 Å². The molecule has 5 nitrogen and oxygen atoms in total. The van der Waals surface area contributed by atoms with Gasteiger partial charge in [0, 0.05) is 11.3 Å². The van der Waals surface area contributed by atoms with E-state index in [1.54, 1.807) is 6.92 Å². The Bertz CT molecular complexity index is 334. The maximum absolute atomic E-state index is 10.4. The zero-order chi connectivity index (χ0) is 9.84. The number of hydrogen-bond donors (Lipinski definition) is 2. The monoisotopic (exact) mass is 199 g/mol. The minimum absolute atomic E-state index is 0.146. The number of carboxylic acids is 1. The average Bonchev–Trinajstić information content (AvgIpc) is 2.47. The first-order chi connectivity index (χ1) is 6.09. The predicted octanol–water partition coefficient (Wildman–Crippen LogP) is 0.846. The molecule has 1 rings (SSSR count). The fourth-order valence-electron chi connectivity index (χ4n) is 0.600. The molecule has 0 atom stereocenters. The number of aromatic amines is 1. The normalized spacial score (nSPS) is 9.92. The van der Waals surface area contributed by atoms with Gasteiger partial charge >= 0.3 is 5.97 Å². The molecule has 1 aromatic heterocycles. The molecule has 0 saturated heterocycles. The second-order valence-electron chi connectivity index (χ2n) is 2.40. The van der Waals surface area contributed by atoms with Crippen LogP contribution in [0.4, 0.5) is 0 Å². The zero-order valence-corrected chi connectivity index (χ0v) is 7.89. The Balaban J connectivity index is 2.44. The molecular weight excluding hydrogens is 190 g/mol. The van der Waals surface area contributed by atoms with Crippen molar-refractivity contribution >= 4 is 17.7 Å². The van der Waals surface area contributed by atoms with E-state index >= 15 is 0 Å². The molecule has 0 bridgehead atoms. The molecule has 1 aromatic rings. The standard InChI is InChI=1S/C7H9N3O2S/c1-4(6(11)12)3-13-7-8-5(2)9-10-7/h1,3H2,2H3,(H,11,12)(H,8,9,10). The van der Waals surface area contributed by atoms with Gasteiger partial charge < -0.3 is 5.11 Å². The van der Waals surface area contributed by atoms with Crippen LogP contribution in [-0.4, -0.2) is 32.0 Å². The zero-order valence-electron chi connectivity index (χ0n) is 7.07. The molecule has 0 unspecified atom stereocenters. The van der Waals surface area contributed by atoms with Gasteiger partial charge in [-0.05, 0) is 6.92 Å². The molecule has 0 aliphatic heterocycles. The van der Waals surface area contributed by atoms with Gasteiger partial charge in [0.2, 0.25) is 5.16 Å². The molecule has 13 heavy (non-hydrogen) atoms. The van der Waals surface area contributed by atoms with E-state index in [0.717, 1.165) is 0 Å². The third-order valence-electron chi connectivity index (χ3n) is 1.25. The number of aliphatic carboxylic acids is 1. The Morgan fingerprint density at radius 3 is 2.92 bits per heavy atom. The van der Waals surface area contributed by atoms with Gasteiger partial charge in [-0.15, -0.1) is 5.10 Å². The van der Waals surface area contributed by atoms with Crippen LogP contribution in [0.2, 0.25) is 0 Å². The quantitative estimate of drug-likeness (QED) is 0.555. The lowest BCUT2D eigenvalue weighted by Gasteiger charge is -1.95. The molecule has 2 N–H and O–H groups in total. The summed E-state index contributed by atoms with van der Waals surface area (Å²) in [5.74, 6) is 0.0234. The van der Waals surface area contributed by atoms with Crippen LogP contribution in [-0.2, 0) is 4.79 Å². The smallest absolute Gasteiger partial charge is 0.331 e. The fraction of sp³-hybridized carbons (Fsp3) is 0.286. The van der Waals surface area contributed by atoms with Gasteiger partial charge in [0.15, 0.2) is 0 Å². The molecular formula is C7H9N3O2S. The summed E-state index contributed by atoms with van der Waals surface area (Å²) in [7, 11) is 0. The third kappa shape index (κ3) is 2.90. The van der Waals surface area contributed by atoms with Gasteiger partial charge in [-0.1, -0.05) is 18.3 Å². The van der Waals surface area contributed by atoms with Gasteiger partial charge in [0.25, 0.3) is 0 Å². The number of carboxylic acid groups (broad SMARTS) is 1. The Morgan fingerprint density at radius 2 is 2.46 bits per heavy atom. The Labute approximate surface area is 79.3 Å². The van der Waals surface area contributed by atoms with E-state index in [4.69, 9.17) is 5.11 Å². The van der Waals surface area contributed by atoms with Crippen molar-refractivity contribution < 1.29 is 9.90 Å². The number of carbonyl (C=O) groups is 1. The first-order valence-electron chi connectivity index (χ1n) is 3.52. The van der Waals surface area contributed by atoms with Gasteiger partial charge in [-0.3, -0.25) is 5.10 Å². The lowest BCUT2D eigenvalue weighted by atomic mass is 10.4. The number of aryl methyl sites for hydroxylation is 1. The first-order valence-corrected chi connectivity index (χ1v) is 4.51. The summed E-state index contributed by atoms with van der Waals surface area (Å²) < 4.78 is 0. The maximum atomic E-state index is 10.4. The second kappa shape index (κ2) is 4.08. The lowest BCUT2D eigenvalue weighted by molar-refractivity contribution is -0.132. The third-order valence-corrected chi connectivity index (χ3v) is 2.19. The Kier molecular flexibility index (Phi) is 3.07. The second-order valence-corrected chi connectivity index (χ2v) is 3.34. The number of nitrogens with zero attached hydrogens (tertiary/aromatic N) is 2. The Morgan fingerprint density at radius 1 is 1.77 bits per heavy atom.